The summed E-state index contributed by atoms with van der Waals surface area (Å²) in [5.41, 5.74) is 7.21. The third-order valence-electron chi connectivity index (χ3n) is 5.23. The van der Waals surface area contributed by atoms with Crippen LogP contribution in [0.1, 0.15) is 28.5 Å². The monoisotopic (exact) mass is 426 g/mol. The largest absolute Gasteiger partial charge is 0.365 e. The number of halogens is 1. The van der Waals surface area contributed by atoms with Gasteiger partial charge in [0.25, 0.3) is 5.91 Å². The summed E-state index contributed by atoms with van der Waals surface area (Å²) < 4.78 is 14.8. The highest BCUT2D eigenvalue weighted by Gasteiger charge is 2.33. The van der Waals surface area contributed by atoms with Gasteiger partial charge in [0, 0.05) is 50.1 Å². The number of nitrogens with one attached hydrogen (secondary N) is 1. The standard InChI is InChI=1S/C20H23FN8O2/c21-13-1-3-14(4-2-13)26-20-16(19(22)30)11-29(27-20)17-5-8-28(12-18(17)31-23)10-15-9-24-6-7-25-15/h1-4,6-7,9,11,17-18H,5,8,10,12,23H2,(H2,22,30)(H,26,27)/t17-,18-/m1/s1. The molecule has 1 aromatic carbocycles. The molecule has 2 aromatic heterocycles. The molecule has 10 nitrogen and oxygen atoms in total. The molecule has 0 saturated carbocycles. The van der Waals surface area contributed by atoms with Crippen molar-refractivity contribution in [3.63, 3.8) is 0 Å². The van der Waals surface area contributed by atoms with Crippen molar-refractivity contribution in [1.29, 1.82) is 0 Å². The van der Waals surface area contributed by atoms with Crippen molar-refractivity contribution in [2.75, 3.05) is 18.4 Å². The van der Waals surface area contributed by atoms with E-state index in [-0.39, 0.29) is 29.3 Å². The maximum atomic E-state index is 13.2. The van der Waals surface area contributed by atoms with Gasteiger partial charge in [0.2, 0.25) is 0 Å². The molecule has 31 heavy (non-hydrogen) atoms. The van der Waals surface area contributed by atoms with Crippen LogP contribution in [-0.2, 0) is 11.4 Å². The molecule has 3 heterocycles. The lowest BCUT2D eigenvalue weighted by atomic mass is 10.0. The van der Waals surface area contributed by atoms with Crippen LogP contribution in [0.5, 0.6) is 0 Å². The van der Waals surface area contributed by atoms with E-state index in [1.54, 1.807) is 41.6 Å². The Kier molecular flexibility index (Phi) is 6.16. The Hall–Kier alpha value is -3.41. The van der Waals surface area contributed by atoms with Crippen LogP contribution in [0, 0.1) is 5.82 Å². The zero-order valence-corrected chi connectivity index (χ0v) is 16.7. The molecule has 1 fully saturated rings. The number of carbonyl (C=O) groups is 1. The molecule has 0 unspecified atom stereocenters. The number of amides is 1. The Balaban J connectivity index is 1.51. The minimum atomic E-state index is -0.624. The molecule has 1 saturated heterocycles. The number of nitrogens with zero attached hydrogens (tertiary/aromatic N) is 5. The molecule has 0 radical (unpaired) electrons. The molecule has 2 atom stereocenters. The topological polar surface area (TPSA) is 137 Å². The zero-order valence-electron chi connectivity index (χ0n) is 16.7. The molecule has 0 spiro atoms. The van der Waals surface area contributed by atoms with Gasteiger partial charge in [-0.25, -0.2) is 10.3 Å². The molecule has 1 aliphatic rings. The van der Waals surface area contributed by atoms with Gasteiger partial charge in [0.1, 0.15) is 17.5 Å². The summed E-state index contributed by atoms with van der Waals surface area (Å²) in [6.07, 6.45) is 6.94. The molecule has 162 valence electrons. The van der Waals surface area contributed by atoms with E-state index in [4.69, 9.17) is 16.5 Å². The van der Waals surface area contributed by atoms with Crippen molar-refractivity contribution < 1.29 is 14.0 Å². The van der Waals surface area contributed by atoms with E-state index in [0.29, 0.717) is 25.2 Å². The summed E-state index contributed by atoms with van der Waals surface area (Å²) in [7, 11) is 0. The average molecular weight is 426 g/mol. The minimum absolute atomic E-state index is 0.190. The highest BCUT2D eigenvalue weighted by Crippen LogP contribution is 2.28. The highest BCUT2D eigenvalue weighted by atomic mass is 19.1. The normalized spacial score (nSPS) is 19.3. The Labute approximate surface area is 178 Å². The van der Waals surface area contributed by atoms with Crippen LogP contribution in [0.3, 0.4) is 0 Å². The van der Waals surface area contributed by atoms with E-state index in [0.717, 1.165) is 12.2 Å². The summed E-state index contributed by atoms with van der Waals surface area (Å²) in [6, 6.07) is 5.54. The van der Waals surface area contributed by atoms with Crippen LogP contribution in [0.25, 0.3) is 0 Å². The number of carbonyl (C=O) groups excluding carboxylic acids is 1. The molecule has 1 aliphatic heterocycles. The first-order valence-electron chi connectivity index (χ1n) is 9.78. The van der Waals surface area contributed by atoms with Crippen LogP contribution >= 0.6 is 0 Å². The van der Waals surface area contributed by atoms with E-state index >= 15 is 0 Å². The number of anilines is 2. The number of hydrogen-bond donors (Lipinski definition) is 3. The van der Waals surface area contributed by atoms with E-state index in [2.05, 4.69) is 25.3 Å². The second-order valence-corrected chi connectivity index (χ2v) is 7.33. The quantitative estimate of drug-likeness (QED) is 0.482. The fraction of sp³-hybridized carbons (Fsp3) is 0.300. The molecule has 1 amide bonds. The SMILES string of the molecule is NO[C@@H]1CN(Cc2cnccn2)CC[C@H]1n1cc(C(N)=O)c(Nc2ccc(F)cc2)n1. The maximum Gasteiger partial charge on any atom is 0.254 e. The van der Waals surface area contributed by atoms with Crippen LogP contribution in [0.15, 0.2) is 49.1 Å². The molecule has 5 N–H and O–H groups in total. The summed E-state index contributed by atoms with van der Waals surface area (Å²) >= 11 is 0. The van der Waals surface area contributed by atoms with Gasteiger partial charge >= 0.3 is 0 Å². The lowest BCUT2D eigenvalue weighted by Crippen LogP contribution is -2.46. The lowest BCUT2D eigenvalue weighted by Gasteiger charge is -2.37. The Morgan fingerprint density at radius 2 is 2.10 bits per heavy atom. The van der Waals surface area contributed by atoms with E-state index < -0.39 is 5.91 Å². The number of rotatable bonds is 7. The van der Waals surface area contributed by atoms with Crippen LogP contribution in [-0.4, -0.2) is 49.7 Å². The van der Waals surface area contributed by atoms with Crippen LogP contribution in [0.2, 0.25) is 0 Å². The van der Waals surface area contributed by atoms with Crippen molar-refractivity contribution in [2.45, 2.75) is 25.1 Å². The first-order chi connectivity index (χ1) is 15.0. The smallest absolute Gasteiger partial charge is 0.254 e. The Bertz CT molecular complexity index is 1030. The fourth-order valence-electron chi connectivity index (χ4n) is 3.69. The Morgan fingerprint density at radius 3 is 2.77 bits per heavy atom. The summed E-state index contributed by atoms with van der Waals surface area (Å²) in [5, 5.41) is 7.53. The third-order valence-corrected chi connectivity index (χ3v) is 5.23. The summed E-state index contributed by atoms with van der Waals surface area (Å²) in [5.74, 6) is 4.90. The van der Waals surface area contributed by atoms with Gasteiger partial charge < -0.3 is 11.1 Å². The van der Waals surface area contributed by atoms with Crippen molar-refractivity contribution in [2.24, 2.45) is 11.6 Å². The molecule has 0 aliphatic carbocycles. The number of nitrogens with two attached hydrogens (primary N) is 2. The zero-order chi connectivity index (χ0) is 21.8. The molecule has 0 bridgehead atoms. The summed E-state index contributed by atoms with van der Waals surface area (Å²) in [6.45, 7) is 1.95. The predicted molar refractivity (Wildman–Crippen MR) is 110 cm³/mol. The minimum Gasteiger partial charge on any atom is -0.365 e. The molecule has 4 rings (SSSR count). The van der Waals surface area contributed by atoms with Crippen LogP contribution in [0.4, 0.5) is 15.9 Å². The van der Waals surface area contributed by atoms with Gasteiger partial charge in [-0.2, -0.15) is 5.10 Å². The van der Waals surface area contributed by atoms with Gasteiger partial charge in [0.05, 0.1) is 11.7 Å². The number of benzene rings is 1. The second kappa shape index (κ2) is 9.16. The van der Waals surface area contributed by atoms with Gasteiger partial charge in [-0.3, -0.25) is 29.2 Å². The number of aromatic nitrogens is 4. The molecule has 3 aromatic rings. The second-order valence-electron chi connectivity index (χ2n) is 7.33. The van der Waals surface area contributed by atoms with Gasteiger partial charge in [0.15, 0.2) is 5.82 Å². The van der Waals surface area contributed by atoms with E-state index in [1.165, 1.54) is 12.1 Å². The first-order valence-corrected chi connectivity index (χ1v) is 9.78. The van der Waals surface area contributed by atoms with E-state index in [1.807, 2.05) is 0 Å². The van der Waals surface area contributed by atoms with Gasteiger partial charge in [-0.1, -0.05) is 0 Å². The van der Waals surface area contributed by atoms with Crippen molar-refractivity contribution in [1.82, 2.24) is 24.6 Å². The molecular formula is C20H23FN8O2. The number of piperidine rings is 1. The number of hydrogen-bond acceptors (Lipinski definition) is 8. The number of primary amides is 1. The summed E-state index contributed by atoms with van der Waals surface area (Å²) in [4.78, 5) is 27.8. The van der Waals surface area contributed by atoms with Gasteiger partial charge in [-0.15, -0.1) is 0 Å². The maximum absolute atomic E-state index is 13.2. The number of likely N-dealkylation sites (tertiary alicyclic amines) is 1. The fourth-order valence-corrected chi connectivity index (χ4v) is 3.69. The highest BCUT2D eigenvalue weighted by molar-refractivity contribution is 5.98. The van der Waals surface area contributed by atoms with Crippen molar-refractivity contribution >= 4 is 17.4 Å². The van der Waals surface area contributed by atoms with Crippen LogP contribution < -0.4 is 16.9 Å². The molecular weight excluding hydrogens is 403 g/mol. The van der Waals surface area contributed by atoms with Crippen molar-refractivity contribution in [3.8, 4) is 0 Å². The van der Waals surface area contributed by atoms with Crippen molar-refractivity contribution in [3.05, 3.63) is 66.1 Å². The lowest BCUT2D eigenvalue weighted by molar-refractivity contribution is -0.0398. The first kappa shape index (κ1) is 20.8. The van der Waals surface area contributed by atoms with Gasteiger partial charge in [-0.05, 0) is 30.7 Å². The van der Waals surface area contributed by atoms with E-state index in [9.17, 15) is 9.18 Å². The third kappa shape index (κ3) is 4.85. The average Bonchev–Trinajstić information content (AvgIpc) is 3.20. The molecule has 11 heteroatoms. The Morgan fingerprint density at radius 1 is 1.29 bits per heavy atom. The predicted octanol–water partition coefficient (Wildman–Crippen LogP) is 1.36.